The molecule has 0 N–H and O–H groups in total. The van der Waals surface area contributed by atoms with E-state index in [1.165, 1.54) is 0 Å². The number of methoxy groups -OCH3 is 2. The van der Waals surface area contributed by atoms with Crippen LogP contribution in [-0.2, 0) is 0 Å². The molecule has 0 saturated heterocycles. The lowest BCUT2D eigenvalue weighted by Gasteiger charge is -2.11. The minimum Gasteiger partial charge on any atom is -0.497 e. The maximum absolute atomic E-state index is 5.57. The molecule has 0 spiro atoms. The predicted molar refractivity (Wildman–Crippen MR) is 109 cm³/mol. The second-order valence-electron chi connectivity index (χ2n) is 5.81. The fourth-order valence-corrected chi connectivity index (χ4v) is 3.96. The number of rotatable bonds is 6. The first kappa shape index (κ1) is 18.4. The molecule has 0 amide bonds. The molecule has 0 atom stereocenters. The van der Waals surface area contributed by atoms with Gasteiger partial charge in [0, 0.05) is 28.6 Å². The van der Waals surface area contributed by atoms with Crippen molar-refractivity contribution in [3.8, 4) is 22.8 Å². The number of ether oxygens (including phenoxy) is 2. The van der Waals surface area contributed by atoms with Crippen LogP contribution >= 0.6 is 22.7 Å². The van der Waals surface area contributed by atoms with Crippen molar-refractivity contribution in [1.29, 1.82) is 0 Å². The Hall–Kier alpha value is -2.38. The van der Waals surface area contributed by atoms with Crippen LogP contribution in [0.2, 0.25) is 0 Å². The fraction of sp³-hybridized carbons (Fsp3) is 0.263. The molecule has 136 valence electrons. The predicted octanol–water partition coefficient (Wildman–Crippen LogP) is 4.49. The van der Waals surface area contributed by atoms with E-state index in [4.69, 9.17) is 14.5 Å². The SMILES string of the molecule is COc1ccc(-c2csc(=NC(C)C)n2N=Cc2ccsc2)c(OC)c1. The lowest BCUT2D eigenvalue weighted by Crippen LogP contribution is -2.14. The highest BCUT2D eigenvalue weighted by molar-refractivity contribution is 7.08. The van der Waals surface area contributed by atoms with Crippen molar-refractivity contribution < 1.29 is 9.47 Å². The zero-order chi connectivity index (χ0) is 18.5. The van der Waals surface area contributed by atoms with Gasteiger partial charge in [-0.1, -0.05) is 0 Å². The van der Waals surface area contributed by atoms with Gasteiger partial charge >= 0.3 is 0 Å². The maximum atomic E-state index is 5.57. The highest BCUT2D eigenvalue weighted by Gasteiger charge is 2.14. The second-order valence-corrected chi connectivity index (χ2v) is 7.42. The Balaban J connectivity index is 2.15. The molecule has 0 unspecified atom stereocenters. The molecular weight excluding hydrogens is 366 g/mol. The molecule has 0 bridgehead atoms. The van der Waals surface area contributed by atoms with E-state index in [1.807, 2.05) is 40.5 Å². The topological polar surface area (TPSA) is 48.1 Å². The highest BCUT2D eigenvalue weighted by Crippen LogP contribution is 2.33. The Morgan fingerprint density at radius 2 is 1.96 bits per heavy atom. The Labute approximate surface area is 160 Å². The van der Waals surface area contributed by atoms with Crippen LogP contribution in [0.4, 0.5) is 0 Å². The largest absolute Gasteiger partial charge is 0.497 e. The third-order valence-corrected chi connectivity index (χ3v) is 5.14. The summed E-state index contributed by atoms with van der Waals surface area (Å²) in [4.78, 5) is 5.55. The molecule has 0 radical (unpaired) electrons. The first-order valence-corrected chi connectivity index (χ1v) is 9.98. The molecule has 7 heteroatoms. The van der Waals surface area contributed by atoms with Crippen molar-refractivity contribution >= 4 is 28.9 Å². The van der Waals surface area contributed by atoms with Crippen LogP contribution in [0.5, 0.6) is 11.5 Å². The van der Waals surface area contributed by atoms with Crippen LogP contribution in [0.25, 0.3) is 11.3 Å². The molecular formula is C19H21N3O2S2. The van der Waals surface area contributed by atoms with Crippen LogP contribution in [0.1, 0.15) is 19.4 Å². The maximum Gasteiger partial charge on any atom is 0.206 e. The van der Waals surface area contributed by atoms with E-state index in [9.17, 15) is 0 Å². The number of thiazole rings is 1. The molecule has 26 heavy (non-hydrogen) atoms. The summed E-state index contributed by atoms with van der Waals surface area (Å²) in [6.45, 7) is 4.11. The third-order valence-electron chi connectivity index (χ3n) is 3.60. The van der Waals surface area contributed by atoms with Gasteiger partial charge in [0.15, 0.2) is 0 Å². The molecule has 2 heterocycles. The average Bonchev–Trinajstić information content (AvgIpc) is 3.28. The van der Waals surface area contributed by atoms with Gasteiger partial charge in [0.25, 0.3) is 0 Å². The number of hydrogen-bond donors (Lipinski definition) is 0. The van der Waals surface area contributed by atoms with Gasteiger partial charge in [-0.05, 0) is 42.8 Å². The highest BCUT2D eigenvalue weighted by atomic mass is 32.1. The van der Waals surface area contributed by atoms with E-state index < -0.39 is 0 Å². The van der Waals surface area contributed by atoms with Gasteiger partial charge in [0.2, 0.25) is 4.80 Å². The monoisotopic (exact) mass is 387 g/mol. The Morgan fingerprint density at radius 1 is 1.12 bits per heavy atom. The van der Waals surface area contributed by atoms with Crippen molar-refractivity contribution in [1.82, 2.24) is 4.68 Å². The molecule has 2 aromatic heterocycles. The van der Waals surface area contributed by atoms with Gasteiger partial charge in [0.1, 0.15) is 11.5 Å². The minimum absolute atomic E-state index is 0.182. The third kappa shape index (κ3) is 4.05. The van der Waals surface area contributed by atoms with Gasteiger partial charge < -0.3 is 9.47 Å². The van der Waals surface area contributed by atoms with E-state index in [1.54, 1.807) is 36.9 Å². The van der Waals surface area contributed by atoms with Crippen LogP contribution < -0.4 is 14.3 Å². The van der Waals surface area contributed by atoms with Crippen LogP contribution in [0.3, 0.4) is 0 Å². The second kappa shape index (κ2) is 8.33. The number of thiophene rings is 1. The summed E-state index contributed by atoms with van der Waals surface area (Å²) in [6.07, 6.45) is 1.85. The first-order chi connectivity index (χ1) is 12.6. The van der Waals surface area contributed by atoms with Crippen molar-refractivity contribution in [3.63, 3.8) is 0 Å². The Bertz CT molecular complexity index is 954. The molecule has 0 aliphatic rings. The molecule has 0 saturated carbocycles. The van der Waals surface area contributed by atoms with Gasteiger partial charge in [-0.15, -0.1) is 11.3 Å². The number of hydrogen-bond acceptors (Lipinski definition) is 6. The summed E-state index contributed by atoms with van der Waals surface area (Å²) in [7, 11) is 3.30. The average molecular weight is 388 g/mol. The van der Waals surface area contributed by atoms with E-state index in [0.29, 0.717) is 0 Å². The van der Waals surface area contributed by atoms with Crippen LogP contribution in [-0.4, -0.2) is 31.2 Å². The zero-order valence-electron chi connectivity index (χ0n) is 15.2. The lowest BCUT2D eigenvalue weighted by atomic mass is 10.1. The van der Waals surface area contributed by atoms with Crippen LogP contribution in [0.15, 0.2) is 50.5 Å². The van der Waals surface area contributed by atoms with Crippen molar-refractivity contribution in [2.24, 2.45) is 10.1 Å². The number of benzene rings is 1. The fourth-order valence-electron chi connectivity index (χ4n) is 2.39. The van der Waals surface area contributed by atoms with Crippen LogP contribution in [0, 0.1) is 0 Å². The first-order valence-electron chi connectivity index (χ1n) is 8.15. The summed E-state index contributed by atoms with van der Waals surface area (Å²) in [5.41, 5.74) is 2.94. The zero-order valence-corrected chi connectivity index (χ0v) is 16.8. The summed E-state index contributed by atoms with van der Waals surface area (Å²) in [5, 5.41) is 10.8. The molecule has 1 aromatic carbocycles. The quantitative estimate of drug-likeness (QED) is 0.585. The number of aromatic nitrogens is 1. The minimum atomic E-state index is 0.182. The molecule has 0 aliphatic heterocycles. The van der Waals surface area contributed by atoms with E-state index >= 15 is 0 Å². The molecule has 3 aromatic rings. The molecule has 0 fully saturated rings. The molecule has 3 rings (SSSR count). The van der Waals surface area contributed by atoms with Crippen molar-refractivity contribution in [3.05, 3.63) is 50.8 Å². The van der Waals surface area contributed by atoms with Gasteiger partial charge in [-0.3, -0.25) is 4.99 Å². The summed E-state index contributed by atoms with van der Waals surface area (Å²) in [5.74, 6) is 1.49. The Morgan fingerprint density at radius 3 is 2.62 bits per heavy atom. The summed E-state index contributed by atoms with van der Waals surface area (Å²) < 4.78 is 12.7. The summed E-state index contributed by atoms with van der Waals surface area (Å²) in [6, 6.07) is 7.99. The smallest absolute Gasteiger partial charge is 0.206 e. The van der Waals surface area contributed by atoms with Gasteiger partial charge in [-0.2, -0.15) is 16.4 Å². The van der Waals surface area contributed by atoms with Crippen molar-refractivity contribution in [2.45, 2.75) is 19.9 Å². The summed E-state index contributed by atoms with van der Waals surface area (Å²) >= 11 is 3.21. The van der Waals surface area contributed by atoms with E-state index in [-0.39, 0.29) is 6.04 Å². The van der Waals surface area contributed by atoms with E-state index in [0.717, 1.165) is 33.1 Å². The van der Waals surface area contributed by atoms with Gasteiger partial charge in [-0.25, -0.2) is 4.68 Å². The molecule has 5 nitrogen and oxygen atoms in total. The van der Waals surface area contributed by atoms with Crippen molar-refractivity contribution in [2.75, 3.05) is 14.2 Å². The standard InChI is InChI=1S/C19H21N3O2S2/c1-13(2)21-19-22(20-10-14-7-8-25-11-14)17(12-26-19)16-6-5-15(23-3)9-18(16)24-4/h5-13H,1-4H3. The lowest BCUT2D eigenvalue weighted by molar-refractivity contribution is 0.395. The number of nitrogens with zero attached hydrogens (tertiary/aromatic N) is 3. The van der Waals surface area contributed by atoms with E-state index in [2.05, 4.69) is 29.7 Å². The normalized spacial score (nSPS) is 12.3. The van der Waals surface area contributed by atoms with Gasteiger partial charge in [0.05, 0.1) is 26.1 Å². The molecule has 0 aliphatic carbocycles. The Kier molecular flexibility index (Phi) is 5.90.